The Morgan fingerprint density at radius 2 is 1.28 bits per heavy atom. The highest BCUT2D eigenvalue weighted by Gasteiger charge is 2.41. The molecule has 0 fully saturated rings. The van der Waals surface area contributed by atoms with Crippen LogP contribution in [0.15, 0.2) is 141 Å². The molecule has 4 heteroatoms. The molecule has 0 saturated carbocycles. The number of nitrogens with zero attached hydrogens (tertiary/aromatic N) is 1. The summed E-state index contributed by atoms with van der Waals surface area (Å²) in [6.45, 7) is 6.43. The normalized spacial score (nSPS) is 15.9. The van der Waals surface area contributed by atoms with Gasteiger partial charge in [-0.05, 0) is 102 Å². The Hall–Kier alpha value is -5.19. The topological polar surface area (TPSA) is 38.5 Å². The molecule has 1 aliphatic heterocycles. The van der Waals surface area contributed by atoms with Crippen molar-refractivity contribution < 1.29 is 0 Å². The smallest absolute Gasteiger partial charge is 0.197 e. The Balaban J connectivity index is 1.55. The molecule has 0 bridgehead atoms. The molecular weight excluding hydrogens is 583 g/mol. The zero-order chi connectivity index (χ0) is 31.3. The van der Waals surface area contributed by atoms with E-state index in [-0.39, 0.29) is 10.9 Å². The molecule has 6 aromatic carbocycles. The molecule has 9 rings (SSSR count). The summed E-state index contributed by atoms with van der Waals surface area (Å²) >= 11 is 1.73. The van der Waals surface area contributed by atoms with Gasteiger partial charge in [0.05, 0.1) is 21.9 Å². The SMILES string of the molecule is Cc1cccc(C)c1-c1cc2c(=O)c3ccccc3n3c4ccc5c(c4c(=O)c(c1)c23)C(C)(c1ccccc1)c1ccccc1S5. The molecule has 1 unspecified atom stereocenters. The lowest BCUT2D eigenvalue weighted by Gasteiger charge is -2.39. The molecule has 0 radical (unpaired) electrons. The van der Waals surface area contributed by atoms with E-state index < -0.39 is 5.41 Å². The Bertz CT molecular complexity index is 2670. The molecule has 3 heterocycles. The average molecular weight is 612 g/mol. The highest BCUT2D eigenvalue weighted by molar-refractivity contribution is 7.99. The maximum absolute atomic E-state index is 15.3. The van der Waals surface area contributed by atoms with E-state index in [1.54, 1.807) is 11.8 Å². The second-order valence-electron chi connectivity index (χ2n) is 12.6. The van der Waals surface area contributed by atoms with E-state index in [1.807, 2.05) is 48.5 Å². The summed E-state index contributed by atoms with van der Waals surface area (Å²) in [6, 6.07) is 41.4. The lowest BCUT2D eigenvalue weighted by atomic mass is 9.69. The van der Waals surface area contributed by atoms with Crippen LogP contribution >= 0.6 is 11.8 Å². The maximum atomic E-state index is 15.3. The van der Waals surface area contributed by atoms with Crippen molar-refractivity contribution >= 4 is 49.9 Å². The number of hydrogen-bond donors (Lipinski definition) is 0. The molecule has 0 aliphatic carbocycles. The zero-order valence-corrected chi connectivity index (χ0v) is 26.5. The summed E-state index contributed by atoms with van der Waals surface area (Å²) in [6.07, 6.45) is 0. The van der Waals surface area contributed by atoms with E-state index in [0.29, 0.717) is 27.1 Å². The number of pyridine rings is 2. The summed E-state index contributed by atoms with van der Waals surface area (Å²) in [5.74, 6) is 0. The minimum atomic E-state index is -0.588. The number of fused-ring (bicyclic) bond motifs is 7. The van der Waals surface area contributed by atoms with Crippen molar-refractivity contribution in [2.75, 3.05) is 0 Å². The van der Waals surface area contributed by atoms with Crippen LogP contribution in [0.3, 0.4) is 0 Å². The molecule has 3 nitrogen and oxygen atoms in total. The molecule has 46 heavy (non-hydrogen) atoms. The van der Waals surface area contributed by atoms with Crippen LogP contribution in [-0.4, -0.2) is 4.40 Å². The van der Waals surface area contributed by atoms with Gasteiger partial charge in [-0.3, -0.25) is 9.59 Å². The number of aromatic nitrogens is 1. The summed E-state index contributed by atoms with van der Waals surface area (Å²) < 4.78 is 2.17. The van der Waals surface area contributed by atoms with Crippen LogP contribution in [0.25, 0.3) is 49.2 Å². The van der Waals surface area contributed by atoms with Crippen molar-refractivity contribution in [2.24, 2.45) is 0 Å². The summed E-state index contributed by atoms with van der Waals surface area (Å²) in [7, 11) is 0. The summed E-state index contributed by atoms with van der Waals surface area (Å²) in [5.41, 5.74) is 9.14. The molecule has 0 spiro atoms. The highest BCUT2D eigenvalue weighted by atomic mass is 32.2. The van der Waals surface area contributed by atoms with Gasteiger partial charge < -0.3 is 4.40 Å². The molecule has 220 valence electrons. The van der Waals surface area contributed by atoms with Gasteiger partial charge in [-0.2, -0.15) is 0 Å². The van der Waals surface area contributed by atoms with E-state index in [9.17, 15) is 4.79 Å². The zero-order valence-electron chi connectivity index (χ0n) is 25.7. The quantitative estimate of drug-likeness (QED) is 0.144. The molecule has 0 amide bonds. The minimum absolute atomic E-state index is 0.0400. The van der Waals surface area contributed by atoms with E-state index in [4.69, 9.17) is 0 Å². The van der Waals surface area contributed by atoms with Crippen molar-refractivity contribution in [2.45, 2.75) is 36.0 Å². The van der Waals surface area contributed by atoms with Crippen LogP contribution in [0.1, 0.15) is 34.7 Å². The number of benzene rings is 6. The molecular formula is C42H29NO2S. The van der Waals surface area contributed by atoms with Crippen molar-refractivity contribution in [3.8, 4) is 11.1 Å². The minimum Gasteiger partial charge on any atom is -0.307 e. The van der Waals surface area contributed by atoms with Gasteiger partial charge in [0, 0.05) is 31.4 Å². The second kappa shape index (κ2) is 9.65. The number of para-hydroxylation sites is 1. The lowest BCUT2D eigenvalue weighted by Crippen LogP contribution is -2.31. The largest absolute Gasteiger partial charge is 0.307 e. The molecule has 8 aromatic rings. The van der Waals surface area contributed by atoms with Gasteiger partial charge in [0.15, 0.2) is 10.9 Å². The Labute approximate surface area is 270 Å². The van der Waals surface area contributed by atoms with Gasteiger partial charge in [0.1, 0.15) is 0 Å². The highest BCUT2D eigenvalue weighted by Crippen LogP contribution is 2.54. The fourth-order valence-corrected chi connectivity index (χ4v) is 9.32. The predicted molar refractivity (Wildman–Crippen MR) is 191 cm³/mol. The molecule has 1 atom stereocenters. The Morgan fingerprint density at radius 1 is 0.609 bits per heavy atom. The van der Waals surface area contributed by atoms with Crippen molar-refractivity contribution in [3.05, 3.63) is 170 Å². The summed E-state index contributed by atoms with van der Waals surface area (Å²) in [5, 5.41) is 2.48. The van der Waals surface area contributed by atoms with Crippen LogP contribution in [0.2, 0.25) is 0 Å². The number of hydrogen-bond acceptors (Lipinski definition) is 3. The van der Waals surface area contributed by atoms with Crippen molar-refractivity contribution in [1.29, 1.82) is 0 Å². The first-order chi connectivity index (χ1) is 22.4. The van der Waals surface area contributed by atoms with Crippen LogP contribution < -0.4 is 10.9 Å². The van der Waals surface area contributed by atoms with Gasteiger partial charge in [-0.15, -0.1) is 0 Å². The van der Waals surface area contributed by atoms with Gasteiger partial charge in [0.2, 0.25) is 0 Å². The number of aryl methyl sites for hydroxylation is 2. The van der Waals surface area contributed by atoms with Crippen LogP contribution in [0.5, 0.6) is 0 Å². The first-order valence-electron chi connectivity index (χ1n) is 15.6. The molecule has 1 aliphatic rings. The van der Waals surface area contributed by atoms with Gasteiger partial charge >= 0.3 is 0 Å². The monoisotopic (exact) mass is 611 g/mol. The third-order valence-corrected chi connectivity index (χ3v) is 11.2. The van der Waals surface area contributed by atoms with Crippen molar-refractivity contribution in [3.63, 3.8) is 0 Å². The predicted octanol–water partition coefficient (Wildman–Crippen LogP) is 9.66. The van der Waals surface area contributed by atoms with Crippen LogP contribution in [-0.2, 0) is 5.41 Å². The standard InChI is InChI=1S/C42H29NO2S/c1-24-12-11-13-25(2)36(24)26-22-29-39-30(23-26)41(45)37-33(43(39)32-18-9-7-16-28(32)40(29)44)20-21-35-38(37)42(3,27-14-5-4-6-15-27)31-17-8-10-19-34(31)46-35/h4-23H,1-3H3. The van der Waals surface area contributed by atoms with E-state index in [0.717, 1.165) is 49.3 Å². The van der Waals surface area contributed by atoms with Crippen LogP contribution in [0.4, 0.5) is 0 Å². The lowest BCUT2D eigenvalue weighted by molar-refractivity contribution is 0.661. The van der Waals surface area contributed by atoms with Gasteiger partial charge in [-0.25, -0.2) is 0 Å². The molecule has 0 saturated heterocycles. The Morgan fingerprint density at radius 3 is 2.07 bits per heavy atom. The van der Waals surface area contributed by atoms with E-state index >= 15 is 4.79 Å². The fourth-order valence-electron chi connectivity index (χ4n) is 8.01. The third kappa shape index (κ3) is 3.51. The number of rotatable bonds is 2. The van der Waals surface area contributed by atoms with Crippen LogP contribution in [0, 0.1) is 13.8 Å². The van der Waals surface area contributed by atoms with Crippen molar-refractivity contribution in [1.82, 2.24) is 4.40 Å². The second-order valence-corrected chi connectivity index (χ2v) is 13.7. The van der Waals surface area contributed by atoms with Gasteiger partial charge in [-0.1, -0.05) is 90.6 Å². The first-order valence-corrected chi connectivity index (χ1v) is 16.4. The molecule has 0 N–H and O–H groups in total. The maximum Gasteiger partial charge on any atom is 0.197 e. The van der Waals surface area contributed by atoms with E-state index in [2.05, 4.69) is 98.0 Å². The fraction of sp³-hybridized carbons (Fsp3) is 0.0952. The Kier molecular flexibility index (Phi) is 5.70. The molecule has 2 aromatic heterocycles. The summed E-state index contributed by atoms with van der Waals surface area (Å²) in [4.78, 5) is 31.8. The van der Waals surface area contributed by atoms with Gasteiger partial charge in [0.25, 0.3) is 0 Å². The van der Waals surface area contributed by atoms with E-state index in [1.165, 1.54) is 10.5 Å². The average Bonchev–Trinajstić information content (AvgIpc) is 3.08. The third-order valence-electron chi connectivity index (χ3n) is 10.1. The first kappa shape index (κ1) is 27.1.